The third kappa shape index (κ3) is 8.29. The van der Waals surface area contributed by atoms with Crippen LogP contribution >= 0.6 is 11.8 Å². The summed E-state index contributed by atoms with van der Waals surface area (Å²) >= 11 is 1.92. The average molecular weight is 413 g/mol. The van der Waals surface area contributed by atoms with Gasteiger partial charge in [0, 0.05) is 36.9 Å². The second kappa shape index (κ2) is 12.9. The highest BCUT2D eigenvalue weighted by Crippen LogP contribution is 2.33. The van der Waals surface area contributed by atoms with Gasteiger partial charge in [-0.25, -0.2) is 4.79 Å². The van der Waals surface area contributed by atoms with Gasteiger partial charge < -0.3 is 21.3 Å². The van der Waals surface area contributed by atoms with Gasteiger partial charge >= 0.3 is 6.03 Å². The lowest BCUT2D eigenvalue weighted by molar-refractivity contribution is -0.122. The average Bonchev–Trinajstić information content (AvgIpc) is 3.21. The van der Waals surface area contributed by atoms with E-state index in [1.54, 1.807) is 0 Å². The number of unbranched alkanes of at least 4 members (excludes halogenated alkanes) is 4. The van der Waals surface area contributed by atoms with Crippen LogP contribution in [-0.4, -0.2) is 54.0 Å². The number of nitrogens with one attached hydrogen (secondary N) is 4. The highest BCUT2D eigenvalue weighted by Gasteiger charge is 2.42. The highest BCUT2D eigenvalue weighted by atomic mass is 32.2. The van der Waals surface area contributed by atoms with E-state index in [0.29, 0.717) is 24.6 Å². The summed E-state index contributed by atoms with van der Waals surface area (Å²) in [6.07, 6.45) is 8.97. The van der Waals surface area contributed by atoms with Gasteiger partial charge in [-0.1, -0.05) is 26.2 Å². The molecule has 0 aliphatic carbocycles. The lowest BCUT2D eigenvalue weighted by Gasteiger charge is -2.16. The maximum Gasteiger partial charge on any atom is 0.315 e. The van der Waals surface area contributed by atoms with Crippen molar-refractivity contribution in [3.8, 4) is 0 Å². The van der Waals surface area contributed by atoms with Crippen molar-refractivity contribution in [2.75, 3.05) is 18.8 Å². The van der Waals surface area contributed by atoms with E-state index in [0.717, 1.165) is 63.7 Å². The molecule has 7 nitrogen and oxygen atoms in total. The Hall–Kier alpha value is -1.44. The van der Waals surface area contributed by atoms with E-state index in [1.165, 1.54) is 0 Å². The molecule has 2 fully saturated rings. The highest BCUT2D eigenvalue weighted by molar-refractivity contribution is 8.00. The molecule has 8 heteroatoms. The molecular weight excluding hydrogens is 376 g/mol. The van der Waals surface area contributed by atoms with Crippen molar-refractivity contribution in [1.82, 2.24) is 21.3 Å². The first-order valence-electron chi connectivity index (χ1n) is 10.8. The first-order valence-corrected chi connectivity index (χ1v) is 11.9. The lowest BCUT2D eigenvalue weighted by atomic mass is 10.0. The van der Waals surface area contributed by atoms with Gasteiger partial charge in [-0.15, -0.1) is 0 Å². The summed E-state index contributed by atoms with van der Waals surface area (Å²) in [7, 11) is 0. The summed E-state index contributed by atoms with van der Waals surface area (Å²) in [6, 6.07) is 0.477. The van der Waals surface area contributed by atoms with Crippen molar-refractivity contribution < 1.29 is 14.4 Å². The predicted molar refractivity (Wildman–Crippen MR) is 113 cm³/mol. The zero-order valence-corrected chi connectivity index (χ0v) is 17.9. The van der Waals surface area contributed by atoms with Gasteiger partial charge in [-0.2, -0.15) is 11.8 Å². The fraction of sp³-hybridized carbons (Fsp3) is 0.850. The molecule has 0 aromatic rings. The monoisotopic (exact) mass is 412 g/mol. The Morgan fingerprint density at radius 3 is 2.36 bits per heavy atom. The molecule has 4 amide bonds. The van der Waals surface area contributed by atoms with Gasteiger partial charge in [-0.3, -0.25) is 9.59 Å². The van der Waals surface area contributed by atoms with E-state index in [-0.39, 0.29) is 29.9 Å². The molecule has 28 heavy (non-hydrogen) atoms. The van der Waals surface area contributed by atoms with E-state index >= 15 is 0 Å². The lowest BCUT2D eigenvalue weighted by Crippen LogP contribution is -2.36. The molecule has 4 N–H and O–H groups in total. The van der Waals surface area contributed by atoms with E-state index in [2.05, 4.69) is 28.2 Å². The minimum Gasteiger partial charge on any atom is -0.356 e. The van der Waals surface area contributed by atoms with Crippen LogP contribution in [0.4, 0.5) is 4.79 Å². The van der Waals surface area contributed by atoms with E-state index < -0.39 is 0 Å². The molecule has 160 valence electrons. The summed E-state index contributed by atoms with van der Waals surface area (Å²) in [5.41, 5.74) is 0. The number of hydrogen-bond acceptors (Lipinski definition) is 4. The Bertz CT molecular complexity index is 518. The van der Waals surface area contributed by atoms with E-state index in [9.17, 15) is 14.4 Å². The van der Waals surface area contributed by atoms with Gasteiger partial charge in [0.05, 0.1) is 12.1 Å². The fourth-order valence-electron chi connectivity index (χ4n) is 3.67. The Morgan fingerprint density at radius 1 is 0.964 bits per heavy atom. The number of carbonyl (C=O) groups is 3. The molecule has 0 spiro atoms. The van der Waals surface area contributed by atoms with Gasteiger partial charge in [0.25, 0.3) is 0 Å². The third-order valence-electron chi connectivity index (χ3n) is 5.34. The Labute approximate surface area is 172 Å². The maximum atomic E-state index is 11.9. The minimum absolute atomic E-state index is 0.0446. The molecule has 0 radical (unpaired) electrons. The molecule has 2 aliphatic heterocycles. The Balaban J connectivity index is 1.39. The summed E-state index contributed by atoms with van der Waals surface area (Å²) in [6.45, 7) is 3.58. The molecule has 0 aromatic heterocycles. The fourth-order valence-corrected chi connectivity index (χ4v) is 5.21. The van der Waals surface area contributed by atoms with Crippen molar-refractivity contribution in [3.63, 3.8) is 0 Å². The van der Waals surface area contributed by atoms with Crippen LogP contribution in [0.15, 0.2) is 0 Å². The number of hydrogen-bond donors (Lipinski definition) is 4. The second-order valence-corrected chi connectivity index (χ2v) is 9.00. The van der Waals surface area contributed by atoms with Gasteiger partial charge in [0.2, 0.25) is 11.8 Å². The standard InChI is InChI=1S/C20H36N4O3S/c1-2-3-12-21-17(25)10-5-4-8-13-22-18(26)11-7-6-9-16-19-15(14-28-16)23-20(27)24-19/h15-16,19H,2-14H2,1H3,(H,21,25)(H,22,26)(H2,23,24,27)/t15?,16-,19?/m0/s1. The van der Waals surface area contributed by atoms with Crippen molar-refractivity contribution in [3.05, 3.63) is 0 Å². The van der Waals surface area contributed by atoms with Crippen LogP contribution in [0.25, 0.3) is 0 Å². The van der Waals surface area contributed by atoms with Gasteiger partial charge in [0.15, 0.2) is 0 Å². The molecule has 0 aromatic carbocycles. The summed E-state index contributed by atoms with van der Waals surface area (Å²) in [4.78, 5) is 34.8. The molecule has 2 saturated heterocycles. The van der Waals surface area contributed by atoms with Crippen molar-refractivity contribution in [1.29, 1.82) is 0 Å². The molecule has 3 atom stereocenters. The molecule has 2 unspecified atom stereocenters. The molecule has 2 rings (SSSR count). The van der Waals surface area contributed by atoms with Crippen molar-refractivity contribution in [2.45, 2.75) is 88.5 Å². The van der Waals surface area contributed by atoms with Crippen LogP contribution in [0.2, 0.25) is 0 Å². The van der Waals surface area contributed by atoms with Crippen LogP contribution in [0.1, 0.15) is 71.1 Å². The van der Waals surface area contributed by atoms with Crippen LogP contribution in [0.3, 0.4) is 0 Å². The van der Waals surface area contributed by atoms with Gasteiger partial charge in [0.1, 0.15) is 0 Å². The molecular formula is C20H36N4O3S. The smallest absolute Gasteiger partial charge is 0.315 e. The van der Waals surface area contributed by atoms with Crippen LogP contribution < -0.4 is 21.3 Å². The first-order chi connectivity index (χ1) is 13.6. The van der Waals surface area contributed by atoms with Crippen molar-refractivity contribution >= 4 is 29.6 Å². The molecule has 0 saturated carbocycles. The van der Waals surface area contributed by atoms with Crippen LogP contribution in [0, 0.1) is 0 Å². The molecule has 2 heterocycles. The normalized spacial score (nSPS) is 23.0. The second-order valence-electron chi connectivity index (χ2n) is 7.73. The maximum absolute atomic E-state index is 11.9. The van der Waals surface area contributed by atoms with Crippen LogP contribution in [0.5, 0.6) is 0 Å². The number of urea groups is 1. The van der Waals surface area contributed by atoms with Gasteiger partial charge in [-0.05, 0) is 32.1 Å². The molecule has 2 aliphatic rings. The quantitative estimate of drug-likeness (QED) is 0.260. The topological polar surface area (TPSA) is 99.3 Å². The minimum atomic E-state index is -0.0446. The number of fused-ring (bicyclic) bond motifs is 1. The first kappa shape index (κ1) is 22.8. The predicted octanol–water partition coefficient (Wildman–Crippen LogP) is 2.31. The number of rotatable bonds is 14. The Morgan fingerprint density at radius 2 is 1.64 bits per heavy atom. The van der Waals surface area contributed by atoms with E-state index in [1.807, 2.05) is 11.8 Å². The molecule has 0 bridgehead atoms. The largest absolute Gasteiger partial charge is 0.356 e. The zero-order valence-electron chi connectivity index (χ0n) is 17.1. The van der Waals surface area contributed by atoms with Crippen LogP contribution in [-0.2, 0) is 9.59 Å². The number of thioether (sulfide) groups is 1. The number of amides is 4. The number of carbonyl (C=O) groups excluding carboxylic acids is 3. The van der Waals surface area contributed by atoms with E-state index in [4.69, 9.17) is 0 Å². The summed E-state index contributed by atoms with van der Waals surface area (Å²) in [5, 5.41) is 12.3. The van der Waals surface area contributed by atoms with Crippen molar-refractivity contribution in [2.24, 2.45) is 0 Å². The Kier molecular flexibility index (Phi) is 10.5. The zero-order chi connectivity index (χ0) is 20.2. The summed E-state index contributed by atoms with van der Waals surface area (Å²) in [5.74, 6) is 1.23. The summed E-state index contributed by atoms with van der Waals surface area (Å²) < 4.78 is 0. The third-order valence-corrected chi connectivity index (χ3v) is 6.84. The SMILES string of the molecule is CCCCNC(=O)CCCCCNC(=O)CCCC[C@@H]1SCC2NC(=O)NC21.